The molecular formula is C15H17NO3. The Labute approximate surface area is 112 Å². The van der Waals surface area contributed by atoms with Gasteiger partial charge in [-0.05, 0) is 43.2 Å². The molecule has 2 rings (SSSR count). The molecule has 2 aromatic rings. The fraction of sp³-hybridized carbons (Fsp3) is 0.267. The maximum absolute atomic E-state index is 11.6. The minimum absolute atomic E-state index is 0.00496. The van der Waals surface area contributed by atoms with Gasteiger partial charge < -0.3 is 14.5 Å². The van der Waals surface area contributed by atoms with Gasteiger partial charge in [-0.25, -0.2) is 0 Å². The van der Waals surface area contributed by atoms with E-state index < -0.39 is 0 Å². The summed E-state index contributed by atoms with van der Waals surface area (Å²) in [6.07, 6.45) is 1.58. The molecule has 0 spiro atoms. The van der Waals surface area contributed by atoms with Gasteiger partial charge in [0.15, 0.2) is 6.61 Å². The van der Waals surface area contributed by atoms with Crippen LogP contribution in [-0.4, -0.2) is 12.5 Å². The molecule has 1 aromatic heterocycles. The van der Waals surface area contributed by atoms with Gasteiger partial charge in [0.2, 0.25) is 0 Å². The van der Waals surface area contributed by atoms with Crippen LogP contribution in [0.3, 0.4) is 0 Å². The molecular weight excluding hydrogens is 242 g/mol. The van der Waals surface area contributed by atoms with Crippen molar-refractivity contribution in [2.75, 3.05) is 6.61 Å². The summed E-state index contributed by atoms with van der Waals surface area (Å²) in [5.41, 5.74) is 2.13. The first-order valence-corrected chi connectivity index (χ1v) is 6.14. The lowest BCUT2D eigenvalue weighted by Gasteiger charge is -2.09. The minimum atomic E-state index is -0.169. The van der Waals surface area contributed by atoms with E-state index in [1.807, 2.05) is 38.1 Å². The highest BCUT2D eigenvalue weighted by Crippen LogP contribution is 2.18. The Morgan fingerprint density at radius 3 is 2.89 bits per heavy atom. The largest absolute Gasteiger partial charge is 0.483 e. The number of carbonyl (C=O) groups excluding carboxylic acids is 1. The number of nitrogens with one attached hydrogen (secondary N) is 1. The van der Waals surface area contributed by atoms with Crippen LogP contribution < -0.4 is 10.1 Å². The highest BCUT2D eigenvalue weighted by atomic mass is 16.5. The van der Waals surface area contributed by atoms with Crippen molar-refractivity contribution < 1.29 is 13.9 Å². The summed E-state index contributed by atoms with van der Waals surface area (Å²) in [5.74, 6) is 1.30. The topological polar surface area (TPSA) is 51.5 Å². The molecule has 0 aliphatic carbocycles. The number of aryl methyl sites for hydroxylation is 2. The Hall–Kier alpha value is -2.23. The second kappa shape index (κ2) is 6.09. The maximum atomic E-state index is 11.6. The number of carbonyl (C=O) groups is 1. The van der Waals surface area contributed by atoms with Crippen LogP contribution in [0.1, 0.15) is 16.9 Å². The van der Waals surface area contributed by atoms with Gasteiger partial charge in [0.1, 0.15) is 11.5 Å². The number of benzene rings is 1. The van der Waals surface area contributed by atoms with Crippen molar-refractivity contribution >= 4 is 5.91 Å². The van der Waals surface area contributed by atoms with E-state index in [1.165, 1.54) is 0 Å². The van der Waals surface area contributed by atoms with E-state index >= 15 is 0 Å². The first-order valence-electron chi connectivity index (χ1n) is 6.14. The second-order valence-corrected chi connectivity index (χ2v) is 4.41. The Morgan fingerprint density at radius 2 is 2.16 bits per heavy atom. The van der Waals surface area contributed by atoms with Crippen molar-refractivity contribution in [3.05, 3.63) is 53.5 Å². The van der Waals surface area contributed by atoms with E-state index in [0.29, 0.717) is 6.54 Å². The lowest BCUT2D eigenvalue weighted by atomic mass is 10.1. The van der Waals surface area contributed by atoms with Gasteiger partial charge in [-0.15, -0.1) is 0 Å². The zero-order valence-electron chi connectivity index (χ0n) is 11.1. The lowest BCUT2D eigenvalue weighted by molar-refractivity contribution is -0.123. The van der Waals surface area contributed by atoms with Gasteiger partial charge >= 0.3 is 0 Å². The molecule has 0 aliphatic rings. The quantitative estimate of drug-likeness (QED) is 0.898. The van der Waals surface area contributed by atoms with E-state index in [-0.39, 0.29) is 12.5 Å². The molecule has 4 nitrogen and oxygen atoms in total. The standard InChI is InChI=1S/C15H17NO3/c1-11-5-6-12(2)14(8-11)19-10-15(17)16-9-13-4-3-7-18-13/h3-8H,9-10H2,1-2H3,(H,16,17). The Bertz CT molecular complexity index is 547. The van der Waals surface area contributed by atoms with Crippen LogP contribution in [0.15, 0.2) is 41.0 Å². The van der Waals surface area contributed by atoms with E-state index in [2.05, 4.69) is 5.32 Å². The summed E-state index contributed by atoms with van der Waals surface area (Å²) < 4.78 is 10.6. The minimum Gasteiger partial charge on any atom is -0.483 e. The van der Waals surface area contributed by atoms with Gasteiger partial charge in [0.25, 0.3) is 5.91 Å². The van der Waals surface area contributed by atoms with E-state index in [1.54, 1.807) is 12.3 Å². The van der Waals surface area contributed by atoms with Crippen LogP contribution in [0, 0.1) is 13.8 Å². The molecule has 1 amide bonds. The number of rotatable bonds is 5. The summed E-state index contributed by atoms with van der Waals surface area (Å²) in [6, 6.07) is 9.51. The smallest absolute Gasteiger partial charge is 0.258 e. The van der Waals surface area contributed by atoms with Gasteiger partial charge in [-0.2, -0.15) is 0 Å². The predicted octanol–water partition coefficient (Wildman–Crippen LogP) is 2.59. The Kier molecular flexibility index (Phi) is 4.23. The molecule has 0 saturated carbocycles. The van der Waals surface area contributed by atoms with Crippen molar-refractivity contribution in [2.45, 2.75) is 20.4 Å². The molecule has 100 valence electrons. The van der Waals surface area contributed by atoms with Crippen molar-refractivity contribution in [1.29, 1.82) is 0 Å². The van der Waals surface area contributed by atoms with Crippen molar-refractivity contribution in [3.8, 4) is 5.75 Å². The molecule has 1 aromatic carbocycles. The van der Waals surface area contributed by atoms with Gasteiger partial charge in [-0.3, -0.25) is 4.79 Å². The normalized spacial score (nSPS) is 10.2. The monoisotopic (exact) mass is 259 g/mol. The SMILES string of the molecule is Cc1ccc(C)c(OCC(=O)NCc2ccco2)c1. The molecule has 1 N–H and O–H groups in total. The van der Waals surface area contributed by atoms with Crippen molar-refractivity contribution in [3.63, 3.8) is 0 Å². The molecule has 0 fully saturated rings. The number of ether oxygens (including phenoxy) is 1. The van der Waals surface area contributed by atoms with E-state index in [0.717, 1.165) is 22.6 Å². The molecule has 0 bridgehead atoms. The van der Waals surface area contributed by atoms with Crippen LogP contribution in [0.25, 0.3) is 0 Å². The molecule has 0 aliphatic heterocycles. The Balaban J connectivity index is 1.81. The third-order valence-electron chi connectivity index (χ3n) is 2.74. The summed E-state index contributed by atoms with van der Waals surface area (Å²) in [7, 11) is 0. The second-order valence-electron chi connectivity index (χ2n) is 4.41. The number of hydrogen-bond donors (Lipinski definition) is 1. The molecule has 0 saturated heterocycles. The summed E-state index contributed by atoms with van der Waals surface area (Å²) in [6.45, 7) is 4.33. The van der Waals surface area contributed by atoms with Crippen molar-refractivity contribution in [2.24, 2.45) is 0 Å². The summed E-state index contributed by atoms with van der Waals surface area (Å²) in [5, 5.41) is 2.73. The average Bonchev–Trinajstić information content (AvgIpc) is 2.90. The number of amides is 1. The van der Waals surface area contributed by atoms with Gasteiger partial charge in [0, 0.05) is 0 Å². The van der Waals surface area contributed by atoms with Gasteiger partial charge in [-0.1, -0.05) is 12.1 Å². The Morgan fingerprint density at radius 1 is 1.32 bits per heavy atom. The van der Waals surface area contributed by atoms with E-state index in [4.69, 9.17) is 9.15 Å². The van der Waals surface area contributed by atoms with Crippen LogP contribution in [0.2, 0.25) is 0 Å². The average molecular weight is 259 g/mol. The van der Waals surface area contributed by atoms with Crippen molar-refractivity contribution in [1.82, 2.24) is 5.32 Å². The molecule has 0 radical (unpaired) electrons. The summed E-state index contributed by atoms with van der Waals surface area (Å²) in [4.78, 5) is 11.6. The van der Waals surface area contributed by atoms with Gasteiger partial charge in [0.05, 0.1) is 12.8 Å². The molecule has 19 heavy (non-hydrogen) atoms. The summed E-state index contributed by atoms with van der Waals surface area (Å²) >= 11 is 0. The lowest BCUT2D eigenvalue weighted by Crippen LogP contribution is -2.28. The maximum Gasteiger partial charge on any atom is 0.258 e. The molecule has 0 unspecified atom stereocenters. The zero-order valence-corrected chi connectivity index (χ0v) is 11.1. The van der Waals surface area contributed by atoms with Crippen LogP contribution >= 0.6 is 0 Å². The third-order valence-corrected chi connectivity index (χ3v) is 2.74. The number of furan rings is 1. The highest BCUT2D eigenvalue weighted by molar-refractivity contribution is 5.77. The fourth-order valence-electron chi connectivity index (χ4n) is 1.66. The zero-order chi connectivity index (χ0) is 13.7. The van der Waals surface area contributed by atoms with Crippen LogP contribution in [0.5, 0.6) is 5.75 Å². The fourth-order valence-corrected chi connectivity index (χ4v) is 1.66. The highest BCUT2D eigenvalue weighted by Gasteiger charge is 2.05. The predicted molar refractivity (Wildman–Crippen MR) is 72.0 cm³/mol. The van der Waals surface area contributed by atoms with E-state index in [9.17, 15) is 4.79 Å². The first kappa shape index (κ1) is 13.2. The molecule has 1 heterocycles. The molecule has 0 atom stereocenters. The van der Waals surface area contributed by atoms with Crippen LogP contribution in [-0.2, 0) is 11.3 Å². The third kappa shape index (κ3) is 3.88. The van der Waals surface area contributed by atoms with Crippen LogP contribution in [0.4, 0.5) is 0 Å². The molecule has 4 heteroatoms. The first-order chi connectivity index (χ1) is 9.15. The number of hydrogen-bond acceptors (Lipinski definition) is 3.